The zero-order chi connectivity index (χ0) is 15.7. The molecule has 0 unspecified atom stereocenters. The van der Waals surface area contributed by atoms with Crippen molar-refractivity contribution in [3.63, 3.8) is 0 Å². The predicted molar refractivity (Wildman–Crippen MR) is 70.7 cm³/mol. The Morgan fingerprint density at radius 3 is 2.71 bits per heavy atom. The molecule has 21 heavy (non-hydrogen) atoms. The largest absolute Gasteiger partial charge is 0.471 e. The summed E-state index contributed by atoms with van der Waals surface area (Å²) >= 11 is 0. The number of ether oxygens (including phenoxy) is 1. The van der Waals surface area contributed by atoms with Gasteiger partial charge in [0.1, 0.15) is 0 Å². The maximum Gasteiger partial charge on any atom is 0.471 e. The molecule has 0 radical (unpaired) electrons. The van der Waals surface area contributed by atoms with E-state index in [9.17, 15) is 18.0 Å². The molecule has 5 nitrogen and oxygen atoms in total. The molecule has 0 aliphatic carbocycles. The average Bonchev–Trinajstić information content (AvgIpc) is 2.42. The number of anilines is 1. The topological polar surface area (TPSA) is 70.6 Å². The standard InChI is InChI=1S/C13H17F3N2O3/c14-13(15,16)12(20)18-11-3-1-2-10(8-11)9-17-4-6-21-7-5-19/h1-3,8,17,19H,4-7,9H2,(H,18,20). The van der Waals surface area contributed by atoms with Crippen LogP contribution in [0.5, 0.6) is 0 Å². The van der Waals surface area contributed by atoms with Gasteiger partial charge in [0.15, 0.2) is 0 Å². The fourth-order valence-electron chi connectivity index (χ4n) is 1.50. The maximum absolute atomic E-state index is 12.1. The summed E-state index contributed by atoms with van der Waals surface area (Å²) < 4.78 is 41.4. The highest BCUT2D eigenvalue weighted by Gasteiger charge is 2.38. The molecular formula is C13H17F3N2O3. The van der Waals surface area contributed by atoms with Crippen LogP contribution in [-0.4, -0.2) is 43.6 Å². The molecular weight excluding hydrogens is 289 g/mol. The number of carbonyl (C=O) groups is 1. The first-order valence-corrected chi connectivity index (χ1v) is 6.30. The molecule has 0 atom stereocenters. The Kier molecular flexibility index (Phi) is 7.13. The van der Waals surface area contributed by atoms with Gasteiger partial charge in [-0.15, -0.1) is 0 Å². The van der Waals surface area contributed by atoms with Gasteiger partial charge in [-0.25, -0.2) is 0 Å². The molecule has 0 aliphatic rings. The highest BCUT2D eigenvalue weighted by molar-refractivity contribution is 5.94. The Labute approximate surface area is 120 Å². The first-order chi connectivity index (χ1) is 9.93. The third-order valence-electron chi connectivity index (χ3n) is 2.43. The lowest BCUT2D eigenvalue weighted by Gasteiger charge is -2.10. The first kappa shape index (κ1) is 17.4. The lowest BCUT2D eigenvalue weighted by molar-refractivity contribution is -0.167. The van der Waals surface area contributed by atoms with Gasteiger partial charge < -0.3 is 20.5 Å². The van der Waals surface area contributed by atoms with Gasteiger partial charge in [0.2, 0.25) is 0 Å². The van der Waals surface area contributed by atoms with E-state index >= 15 is 0 Å². The number of alkyl halides is 3. The van der Waals surface area contributed by atoms with E-state index < -0.39 is 12.1 Å². The molecule has 0 fully saturated rings. The number of hydrogen-bond acceptors (Lipinski definition) is 4. The average molecular weight is 306 g/mol. The Bertz CT molecular complexity index is 453. The van der Waals surface area contributed by atoms with E-state index in [0.29, 0.717) is 19.7 Å². The number of amides is 1. The Morgan fingerprint density at radius 2 is 2.05 bits per heavy atom. The quantitative estimate of drug-likeness (QED) is 0.633. The van der Waals surface area contributed by atoms with Gasteiger partial charge in [0.25, 0.3) is 0 Å². The monoisotopic (exact) mass is 306 g/mol. The van der Waals surface area contributed by atoms with Crippen molar-refractivity contribution in [1.82, 2.24) is 5.32 Å². The van der Waals surface area contributed by atoms with Gasteiger partial charge in [-0.3, -0.25) is 4.79 Å². The number of halogens is 3. The number of aliphatic hydroxyl groups excluding tert-OH is 1. The molecule has 1 amide bonds. The lowest BCUT2D eigenvalue weighted by atomic mass is 10.2. The van der Waals surface area contributed by atoms with E-state index in [2.05, 4.69) is 5.32 Å². The van der Waals surface area contributed by atoms with Crippen LogP contribution in [0.3, 0.4) is 0 Å². The van der Waals surface area contributed by atoms with Crippen molar-refractivity contribution in [2.24, 2.45) is 0 Å². The highest BCUT2D eigenvalue weighted by Crippen LogP contribution is 2.18. The lowest BCUT2D eigenvalue weighted by Crippen LogP contribution is -2.30. The zero-order valence-electron chi connectivity index (χ0n) is 11.2. The van der Waals surface area contributed by atoms with Crippen molar-refractivity contribution in [2.45, 2.75) is 12.7 Å². The van der Waals surface area contributed by atoms with Gasteiger partial charge in [0.05, 0.1) is 19.8 Å². The van der Waals surface area contributed by atoms with Crippen molar-refractivity contribution in [3.8, 4) is 0 Å². The summed E-state index contributed by atoms with van der Waals surface area (Å²) in [5.41, 5.74) is 0.824. The third kappa shape index (κ3) is 7.07. The van der Waals surface area contributed by atoms with Crippen LogP contribution in [0.4, 0.5) is 18.9 Å². The Balaban J connectivity index is 2.40. The van der Waals surface area contributed by atoms with Crippen LogP contribution in [0.25, 0.3) is 0 Å². The number of aliphatic hydroxyl groups is 1. The van der Waals surface area contributed by atoms with Gasteiger partial charge in [0, 0.05) is 18.8 Å². The van der Waals surface area contributed by atoms with Crippen molar-refractivity contribution in [1.29, 1.82) is 0 Å². The maximum atomic E-state index is 12.1. The fourth-order valence-corrected chi connectivity index (χ4v) is 1.50. The molecule has 0 bridgehead atoms. The van der Waals surface area contributed by atoms with Crippen LogP contribution in [0.2, 0.25) is 0 Å². The third-order valence-corrected chi connectivity index (χ3v) is 2.43. The van der Waals surface area contributed by atoms with Gasteiger partial charge >= 0.3 is 12.1 Å². The summed E-state index contributed by atoms with van der Waals surface area (Å²) in [6.45, 7) is 1.62. The molecule has 118 valence electrons. The second-order valence-electron chi connectivity index (χ2n) is 4.17. The van der Waals surface area contributed by atoms with Crippen LogP contribution in [-0.2, 0) is 16.1 Å². The number of hydrogen-bond donors (Lipinski definition) is 3. The number of benzene rings is 1. The van der Waals surface area contributed by atoms with Crippen LogP contribution in [0.15, 0.2) is 24.3 Å². The first-order valence-electron chi connectivity index (χ1n) is 6.30. The number of rotatable bonds is 8. The minimum atomic E-state index is -4.90. The number of nitrogens with one attached hydrogen (secondary N) is 2. The Hall–Kier alpha value is -1.64. The fraction of sp³-hybridized carbons (Fsp3) is 0.462. The van der Waals surface area contributed by atoms with Crippen molar-refractivity contribution >= 4 is 11.6 Å². The van der Waals surface area contributed by atoms with Crippen molar-refractivity contribution in [2.75, 3.05) is 31.7 Å². The molecule has 1 aromatic rings. The summed E-state index contributed by atoms with van der Waals surface area (Å²) in [4.78, 5) is 10.8. The SMILES string of the molecule is O=C(Nc1cccc(CNCCOCCO)c1)C(F)(F)F. The smallest absolute Gasteiger partial charge is 0.394 e. The van der Waals surface area contributed by atoms with E-state index in [4.69, 9.17) is 9.84 Å². The van der Waals surface area contributed by atoms with Crippen LogP contribution < -0.4 is 10.6 Å². The minimum absolute atomic E-state index is 0.0407. The Morgan fingerprint density at radius 1 is 1.29 bits per heavy atom. The van der Waals surface area contributed by atoms with Crippen molar-refractivity contribution < 1.29 is 27.8 Å². The molecule has 0 heterocycles. The molecule has 3 N–H and O–H groups in total. The molecule has 0 aromatic heterocycles. The molecule has 0 saturated carbocycles. The summed E-state index contributed by atoms with van der Waals surface area (Å²) in [6, 6.07) is 6.14. The van der Waals surface area contributed by atoms with Gasteiger partial charge in [-0.2, -0.15) is 13.2 Å². The summed E-state index contributed by atoms with van der Waals surface area (Å²) in [6.07, 6.45) is -4.90. The van der Waals surface area contributed by atoms with Crippen LogP contribution >= 0.6 is 0 Å². The molecule has 0 saturated heterocycles. The molecule has 1 aromatic carbocycles. The van der Waals surface area contributed by atoms with Crippen LogP contribution in [0.1, 0.15) is 5.56 Å². The van der Waals surface area contributed by atoms with Crippen molar-refractivity contribution in [3.05, 3.63) is 29.8 Å². The second kappa shape index (κ2) is 8.60. The zero-order valence-corrected chi connectivity index (χ0v) is 11.2. The van der Waals surface area contributed by atoms with Gasteiger partial charge in [-0.05, 0) is 17.7 Å². The minimum Gasteiger partial charge on any atom is -0.394 e. The van der Waals surface area contributed by atoms with E-state index in [1.54, 1.807) is 17.4 Å². The normalized spacial score (nSPS) is 11.4. The summed E-state index contributed by atoms with van der Waals surface area (Å²) in [5, 5.41) is 13.3. The highest BCUT2D eigenvalue weighted by atomic mass is 19.4. The number of carbonyl (C=O) groups excluding carboxylic acids is 1. The van der Waals surface area contributed by atoms with Gasteiger partial charge in [-0.1, -0.05) is 12.1 Å². The van der Waals surface area contributed by atoms with E-state index in [-0.39, 0.29) is 18.9 Å². The van der Waals surface area contributed by atoms with Crippen LogP contribution in [0, 0.1) is 0 Å². The van der Waals surface area contributed by atoms with E-state index in [1.165, 1.54) is 12.1 Å². The molecule has 0 aliphatic heterocycles. The molecule has 8 heteroatoms. The second-order valence-corrected chi connectivity index (χ2v) is 4.17. The summed E-state index contributed by atoms with van der Waals surface area (Å²) in [7, 11) is 0. The predicted octanol–water partition coefficient (Wildman–Crippen LogP) is 1.29. The van der Waals surface area contributed by atoms with E-state index in [0.717, 1.165) is 5.56 Å². The van der Waals surface area contributed by atoms with E-state index in [1.807, 2.05) is 0 Å². The summed E-state index contributed by atoms with van der Waals surface area (Å²) in [5.74, 6) is -2.00. The molecule has 1 rings (SSSR count). The molecule has 0 spiro atoms.